The third-order valence-corrected chi connectivity index (χ3v) is 4.35. The Hall–Kier alpha value is -0.320. The zero-order valence-electron chi connectivity index (χ0n) is 10.4. The van der Waals surface area contributed by atoms with Gasteiger partial charge in [0.2, 0.25) is 0 Å². The summed E-state index contributed by atoms with van der Waals surface area (Å²) in [5, 5.41) is 1.14. The Labute approximate surface area is 118 Å². The Kier molecular flexibility index (Phi) is 4.51. The van der Waals surface area contributed by atoms with Gasteiger partial charge >= 0.3 is 0 Å². The molecule has 2 rings (SSSR count). The Morgan fingerprint density at radius 2 is 2.22 bits per heavy atom. The summed E-state index contributed by atoms with van der Waals surface area (Å²) in [6, 6.07) is 5.73. The van der Waals surface area contributed by atoms with Crippen LogP contribution in [0, 0.1) is 0 Å². The molecule has 18 heavy (non-hydrogen) atoms. The van der Waals surface area contributed by atoms with E-state index in [1.807, 2.05) is 18.2 Å². The van der Waals surface area contributed by atoms with E-state index < -0.39 is 0 Å². The molecule has 1 fully saturated rings. The van der Waals surface area contributed by atoms with Crippen molar-refractivity contribution in [3.05, 3.63) is 33.8 Å². The van der Waals surface area contributed by atoms with Crippen LogP contribution in [0.5, 0.6) is 0 Å². The van der Waals surface area contributed by atoms with E-state index in [0.717, 1.165) is 31.4 Å². The van der Waals surface area contributed by atoms with E-state index in [2.05, 4.69) is 12.3 Å². The Morgan fingerprint density at radius 1 is 1.44 bits per heavy atom. The zero-order valence-corrected chi connectivity index (χ0v) is 11.9. The minimum Gasteiger partial charge on any atom is -0.374 e. The second-order valence-corrected chi connectivity index (χ2v) is 5.75. The number of benzene rings is 1. The molecular weight excluding hydrogens is 271 g/mol. The molecule has 2 unspecified atom stereocenters. The van der Waals surface area contributed by atoms with Gasteiger partial charge in [0.1, 0.15) is 0 Å². The highest BCUT2D eigenvalue weighted by molar-refractivity contribution is 6.42. The van der Waals surface area contributed by atoms with Gasteiger partial charge in [-0.25, -0.2) is 0 Å². The molecule has 0 aliphatic carbocycles. The largest absolute Gasteiger partial charge is 0.374 e. The number of halogens is 2. The van der Waals surface area contributed by atoms with Crippen molar-refractivity contribution in [3.63, 3.8) is 0 Å². The molecule has 0 amide bonds. The fraction of sp³-hybridized carbons (Fsp3) is 0.538. The number of ether oxygens (including phenoxy) is 1. The zero-order chi connectivity index (χ0) is 13.2. The number of nitrogens with one attached hydrogen (secondary N) is 1. The highest BCUT2D eigenvalue weighted by atomic mass is 35.5. The Balaban J connectivity index is 2.12. The summed E-state index contributed by atoms with van der Waals surface area (Å²) in [6.45, 7) is 2.90. The van der Waals surface area contributed by atoms with Gasteiger partial charge in [-0.1, -0.05) is 29.3 Å². The molecule has 0 saturated carbocycles. The highest BCUT2D eigenvalue weighted by Crippen LogP contribution is 2.31. The third-order valence-electron chi connectivity index (χ3n) is 3.61. The summed E-state index contributed by atoms with van der Waals surface area (Å²) in [7, 11) is 0. The molecule has 3 N–H and O–H groups in total. The van der Waals surface area contributed by atoms with E-state index in [1.165, 1.54) is 0 Å². The van der Waals surface area contributed by atoms with Gasteiger partial charge < -0.3 is 4.74 Å². The van der Waals surface area contributed by atoms with E-state index in [1.54, 1.807) is 0 Å². The van der Waals surface area contributed by atoms with Crippen LogP contribution < -0.4 is 11.3 Å². The van der Waals surface area contributed by atoms with Crippen LogP contribution in [-0.2, 0) is 11.2 Å². The summed E-state index contributed by atoms with van der Waals surface area (Å²) in [5.74, 6) is 5.66. The first-order valence-electron chi connectivity index (χ1n) is 6.09. The molecule has 0 aromatic heterocycles. The predicted octanol–water partition coefficient (Wildman–Crippen LogP) is 2.94. The van der Waals surface area contributed by atoms with Crippen molar-refractivity contribution in [2.45, 2.75) is 37.8 Å². The monoisotopic (exact) mass is 288 g/mol. The van der Waals surface area contributed by atoms with E-state index in [-0.39, 0.29) is 11.6 Å². The molecule has 1 saturated heterocycles. The van der Waals surface area contributed by atoms with Crippen molar-refractivity contribution < 1.29 is 4.74 Å². The minimum atomic E-state index is -0.207. The second-order valence-electron chi connectivity index (χ2n) is 4.94. The average molecular weight is 289 g/mol. The third kappa shape index (κ3) is 2.98. The molecule has 5 heteroatoms. The number of hydrogen-bond donors (Lipinski definition) is 2. The predicted molar refractivity (Wildman–Crippen MR) is 74.9 cm³/mol. The Morgan fingerprint density at radius 3 is 2.78 bits per heavy atom. The Bertz CT molecular complexity index is 419. The molecule has 1 aromatic rings. The highest BCUT2D eigenvalue weighted by Gasteiger charge is 2.37. The molecule has 0 radical (unpaired) electrons. The second kappa shape index (κ2) is 5.76. The van der Waals surface area contributed by atoms with Crippen molar-refractivity contribution >= 4 is 23.2 Å². The van der Waals surface area contributed by atoms with Crippen LogP contribution in [0.3, 0.4) is 0 Å². The van der Waals surface area contributed by atoms with Crippen molar-refractivity contribution in [1.82, 2.24) is 5.43 Å². The van der Waals surface area contributed by atoms with E-state index in [0.29, 0.717) is 10.0 Å². The van der Waals surface area contributed by atoms with E-state index >= 15 is 0 Å². The molecule has 0 bridgehead atoms. The first-order chi connectivity index (χ1) is 8.55. The maximum absolute atomic E-state index is 6.02. The van der Waals surface area contributed by atoms with Crippen LogP contribution in [0.15, 0.2) is 18.2 Å². The number of rotatable bonds is 4. The van der Waals surface area contributed by atoms with Crippen LogP contribution in [0.25, 0.3) is 0 Å². The van der Waals surface area contributed by atoms with Crippen molar-refractivity contribution in [2.75, 3.05) is 6.61 Å². The standard InChI is InChI=1S/C13H18Cl2N2O/c1-13(5-2-6-18-13)12(17-16)8-9-3-4-10(14)11(15)7-9/h3-4,7,12,17H,2,5-6,8,16H2,1H3. The SMILES string of the molecule is CC1(C(Cc2ccc(Cl)c(Cl)c2)NN)CCCO1. The smallest absolute Gasteiger partial charge is 0.0824 e. The topological polar surface area (TPSA) is 47.3 Å². The molecule has 0 spiro atoms. The average Bonchev–Trinajstić information content (AvgIpc) is 2.78. The quantitative estimate of drug-likeness (QED) is 0.662. The fourth-order valence-electron chi connectivity index (χ4n) is 2.43. The summed E-state index contributed by atoms with van der Waals surface area (Å²) in [4.78, 5) is 0. The van der Waals surface area contributed by atoms with Crippen LogP contribution in [0.2, 0.25) is 10.0 Å². The minimum absolute atomic E-state index is 0.0669. The number of hydrazine groups is 1. The normalized spacial score (nSPS) is 25.3. The molecule has 2 atom stereocenters. The molecule has 1 aromatic carbocycles. The number of hydrogen-bond acceptors (Lipinski definition) is 3. The van der Waals surface area contributed by atoms with Gasteiger partial charge in [0.05, 0.1) is 21.7 Å². The lowest BCUT2D eigenvalue weighted by Gasteiger charge is -2.33. The van der Waals surface area contributed by atoms with Crippen molar-refractivity contribution in [3.8, 4) is 0 Å². The van der Waals surface area contributed by atoms with Gasteiger partial charge in [0.15, 0.2) is 0 Å². The first-order valence-corrected chi connectivity index (χ1v) is 6.85. The van der Waals surface area contributed by atoms with E-state index in [9.17, 15) is 0 Å². The van der Waals surface area contributed by atoms with E-state index in [4.69, 9.17) is 33.8 Å². The summed E-state index contributed by atoms with van der Waals surface area (Å²) >= 11 is 11.9. The van der Waals surface area contributed by atoms with Crippen LogP contribution in [0.4, 0.5) is 0 Å². The van der Waals surface area contributed by atoms with Gasteiger partial charge in [-0.3, -0.25) is 11.3 Å². The van der Waals surface area contributed by atoms with Crippen molar-refractivity contribution in [1.29, 1.82) is 0 Å². The molecular formula is C13H18Cl2N2O. The lowest BCUT2D eigenvalue weighted by molar-refractivity contribution is -0.0115. The molecule has 1 aliphatic rings. The number of nitrogens with two attached hydrogens (primary N) is 1. The van der Waals surface area contributed by atoms with Gasteiger partial charge in [-0.05, 0) is 43.9 Å². The molecule has 100 valence electrons. The molecule has 1 heterocycles. The maximum Gasteiger partial charge on any atom is 0.0824 e. The summed E-state index contributed by atoms with van der Waals surface area (Å²) in [5.41, 5.74) is 3.76. The van der Waals surface area contributed by atoms with Gasteiger partial charge in [-0.2, -0.15) is 0 Å². The maximum atomic E-state index is 6.02. The van der Waals surface area contributed by atoms with Gasteiger partial charge in [0, 0.05) is 6.61 Å². The van der Waals surface area contributed by atoms with Gasteiger partial charge in [-0.15, -0.1) is 0 Å². The van der Waals surface area contributed by atoms with Crippen LogP contribution in [-0.4, -0.2) is 18.2 Å². The lowest BCUT2D eigenvalue weighted by atomic mass is 9.89. The van der Waals surface area contributed by atoms with Crippen LogP contribution >= 0.6 is 23.2 Å². The lowest BCUT2D eigenvalue weighted by Crippen LogP contribution is -2.52. The first kappa shape index (κ1) is 14.1. The molecule has 1 aliphatic heterocycles. The molecule has 3 nitrogen and oxygen atoms in total. The van der Waals surface area contributed by atoms with Gasteiger partial charge in [0.25, 0.3) is 0 Å². The summed E-state index contributed by atoms with van der Waals surface area (Å²) in [6.07, 6.45) is 2.86. The summed E-state index contributed by atoms with van der Waals surface area (Å²) < 4.78 is 5.82. The fourth-order valence-corrected chi connectivity index (χ4v) is 2.75. The van der Waals surface area contributed by atoms with Crippen LogP contribution in [0.1, 0.15) is 25.3 Å². The van der Waals surface area contributed by atoms with Crippen molar-refractivity contribution in [2.24, 2.45) is 5.84 Å².